The number of carbonyl (C=O) groups is 1. The molecule has 23 heavy (non-hydrogen) atoms. The summed E-state index contributed by atoms with van der Waals surface area (Å²) in [6, 6.07) is 1.39. The van der Waals surface area contributed by atoms with Crippen molar-refractivity contribution in [2.24, 2.45) is 5.92 Å². The fourth-order valence-corrected chi connectivity index (χ4v) is 3.72. The lowest BCUT2D eigenvalue weighted by molar-refractivity contribution is -0.142. The van der Waals surface area contributed by atoms with Crippen LogP contribution in [-0.4, -0.2) is 25.6 Å². The number of rotatable bonds is 4. The molecule has 124 valence electrons. The summed E-state index contributed by atoms with van der Waals surface area (Å²) in [7, 11) is 0. The zero-order valence-corrected chi connectivity index (χ0v) is 14.1. The number of hydrogen-bond acceptors (Lipinski definition) is 3. The van der Waals surface area contributed by atoms with E-state index in [0.29, 0.717) is 11.6 Å². The molecule has 0 aromatic carbocycles. The molecule has 0 saturated heterocycles. The Bertz CT molecular complexity index is 714. The van der Waals surface area contributed by atoms with Gasteiger partial charge in [0.25, 0.3) is 0 Å². The van der Waals surface area contributed by atoms with E-state index in [4.69, 9.17) is 4.98 Å². The Morgan fingerprint density at radius 1 is 1.30 bits per heavy atom. The van der Waals surface area contributed by atoms with Crippen molar-refractivity contribution in [1.29, 1.82) is 0 Å². The molecular weight excluding hydrogens is 290 g/mol. The lowest BCUT2D eigenvalue weighted by Gasteiger charge is -2.26. The van der Waals surface area contributed by atoms with Crippen LogP contribution in [0, 0.1) is 12.8 Å². The third-order valence-corrected chi connectivity index (χ3v) is 4.83. The molecule has 1 aliphatic rings. The maximum atomic E-state index is 11.9. The maximum absolute atomic E-state index is 11.9. The highest BCUT2D eigenvalue weighted by atomic mass is 16.4. The van der Waals surface area contributed by atoms with E-state index in [1.165, 1.54) is 19.3 Å². The monoisotopic (exact) mass is 315 g/mol. The number of pyridine rings is 1. The van der Waals surface area contributed by atoms with Crippen LogP contribution in [0.4, 0.5) is 0 Å². The summed E-state index contributed by atoms with van der Waals surface area (Å²) < 4.78 is 1.90. The lowest BCUT2D eigenvalue weighted by atomic mass is 9.88. The van der Waals surface area contributed by atoms with Gasteiger partial charge in [-0.3, -0.25) is 4.57 Å². The van der Waals surface area contributed by atoms with Gasteiger partial charge in [0, 0.05) is 12.1 Å². The van der Waals surface area contributed by atoms with Crippen LogP contribution in [0.1, 0.15) is 69.3 Å². The van der Waals surface area contributed by atoms with Gasteiger partial charge in [0.1, 0.15) is 17.4 Å². The number of nitrogens with zero attached hydrogens (tertiary/aromatic N) is 3. The van der Waals surface area contributed by atoms with Crippen LogP contribution < -0.4 is 0 Å². The van der Waals surface area contributed by atoms with E-state index >= 15 is 0 Å². The predicted molar refractivity (Wildman–Crippen MR) is 89.6 cm³/mol. The molecule has 1 N–H and O–H groups in total. The molecule has 2 aromatic rings. The van der Waals surface area contributed by atoms with E-state index in [1.807, 2.05) is 31.4 Å². The molecule has 2 aromatic heterocycles. The second kappa shape index (κ2) is 6.30. The molecule has 3 rings (SSSR count). The number of fused-ring (bicyclic) bond motifs is 1. The van der Waals surface area contributed by atoms with Crippen LogP contribution in [0.2, 0.25) is 0 Å². The second-order valence-corrected chi connectivity index (χ2v) is 7.06. The minimum Gasteiger partial charge on any atom is -0.480 e. The highest BCUT2D eigenvalue weighted by Gasteiger charge is 2.32. The number of carboxylic acids is 1. The van der Waals surface area contributed by atoms with Crippen LogP contribution in [0.3, 0.4) is 0 Å². The van der Waals surface area contributed by atoms with Crippen LogP contribution in [0.5, 0.6) is 0 Å². The SMILES string of the molecule is Cc1cnc2c(c1)nc(C1CCCCC1)n2C(C(=O)O)C(C)C. The first-order chi connectivity index (χ1) is 11.0. The minimum absolute atomic E-state index is 0.0182. The Labute approximate surface area is 136 Å². The predicted octanol–water partition coefficient (Wildman–Crippen LogP) is 4.07. The second-order valence-electron chi connectivity index (χ2n) is 7.06. The molecule has 1 fully saturated rings. The molecule has 5 nitrogen and oxygen atoms in total. The van der Waals surface area contributed by atoms with Crippen molar-refractivity contribution in [1.82, 2.24) is 14.5 Å². The van der Waals surface area contributed by atoms with Gasteiger partial charge < -0.3 is 5.11 Å². The molecule has 0 aliphatic heterocycles. The quantitative estimate of drug-likeness (QED) is 0.923. The Kier molecular flexibility index (Phi) is 4.37. The first kappa shape index (κ1) is 16.0. The Morgan fingerprint density at radius 2 is 2.00 bits per heavy atom. The standard InChI is InChI=1S/C18H25N3O2/c1-11(2)15(18(22)23)21-16(13-7-5-4-6-8-13)20-14-9-12(3)10-19-17(14)21/h9-11,13,15H,4-8H2,1-3H3,(H,22,23). The van der Waals surface area contributed by atoms with Crippen molar-refractivity contribution in [3.05, 3.63) is 23.7 Å². The minimum atomic E-state index is -0.807. The molecule has 1 atom stereocenters. The van der Waals surface area contributed by atoms with Gasteiger partial charge in [-0.25, -0.2) is 14.8 Å². The Morgan fingerprint density at radius 3 is 2.61 bits per heavy atom. The van der Waals surface area contributed by atoms with Crippen LogP contribution >= 0.6 is 0 Å². The van der Waals surface area contributed by atoms with E-state index in [2.05, 4.69) is 4.98 Å². The molecule has 1 unspecified atom stereocenters. The molecule has 5 heteroatoms. The van der Waals surface area contributed by atoms with Crippen molar-refractivity contribution in [3.8, 4) is 0 Å². The van der Waals surface area contributed by atoms with E-state index < -0.39 is 12.0 Å². The zero-order chi connectivity index (χ0) is 16.6. The zero-order valence-electron chi connectivity index (χ0n) is 14.1. The highest BCUT2D eigenvalue weighted by molar-refractivity contribution is 5.78. The number of hydrogen-bond donors (Lipinski definition) is 1. The number of aliphatic carboxylic acids is 1. The summed E-state index contributed by atoms with van der Waals surface area (Å²) in [6.07, 6.45) is 7.63. The first-order valence-electron chi connectivity index (χ1n) is 8.56. The summed E-state index contributed by atoms with van der Waals surface area (Å²) in [5.41, 5.74) is 2.57. The van der Waals surface area contributed by atoms with Gasteiger partial charge in [0.15, 0.2) is 5.65 Å². The topological polar surface area (TPSA) is 68.0 Å². The van der Waals surface area contributed by atoms with Crippen LogP contribution in [-0.2, 0) is 4.79 Å². The van der Waals surface area contributed by atoms with Crippen molar-refractivity contribution < 1.29 is 9.90 Å². The smallest absolute Gasteiger partial charge is 0.327 e. The number of carboxylic acid groups (broad SMARTS) is 1. The fourth-order valence-electron chi connectivity index (χ4n) is 3.72. The van der Waals surface area contributed by atoms with E-state index in [0.717, 1.165) is 29.7 Å². The molecule has 0 spiro atoms. The Balaban J connectivity index is 2.20. The normalized spacial score (nSPS) is 17.7. The molecule has 0 radical (unpaired) electrons. The van der Waals surface area contributed by atoms with E-state index in [1.54, 1.807) is 6.20 Å². The van der Waals surface area contributed by atoms with Gasteiger partial charge in [-0.15, -0.1) is 0 Å². The highest BCUT2D eigenvalue weighted by Crippen LogP contribution is 2.36. The largest absolute Gasteiger partial charge is 0.480 e. The maximum Gasteiger partial charge on any atom is 0.327 e. The third-order valence-electron chi connectivity index (χ3n) is 4.83. The van der Waals surface area contributed by atoms with Crippen molar-refractivity contribution in [3.63, 3.8) is 0 Å². The van der Waals surface area contributed by atoms with Gasteiger partial charge in [-0.1, -0.05) is 33.1 Å². The van der Waals surface area contributed by atoms with Crippen LogP contribution in [0.15, 0.2) is 12.3 Å². The van der Waals surface area contributed by atoms with Gasteiger partial charge in [-0.2, -0.15) is 0 Å². The summed E-state index contributed by atoms with van der Waals surface area (Å²) in [5, 5.41) is 9.78. The average Bonchev–Trinajstić information content (AvgIpc) is 2.86. The summed E-state index contributed by atoms with van der Waals surface area (Å²) in [6.45, 7) is 5.88. The average molecular weight is 315 g/mol. The Hall–Kier alpha value is -1.91. The van der Waals surface area contributed by atoms with Gasteiger partial charge in [0.2, 0.25) is 0 Å². The third kappa shape index (κ3) is 2.96. The van der Waals surface area contributed by atoms with Crippen LogP contribution in [0.25, 0.3) is 11.2 Å². The first-order valence-corrected chi connectivity index (χ1v) is 8.56. The number of aryl methyl sites for hydroxylation is 1. The van der Waals surface area contributed by atoms with E-state index in [9.17, 15) is 9.90 Å². The summed E-state index contributed by atoms with van der Waals surface area (Å²) in [5.74, 6) is 0.437. The van der Waals surface area contributed by atoms with Crippen molar-refractivity contribution in [2.75, 3.05) is 0 Å². The summed E-state index contributed by atoms with van der Waals surface area (Å²) in [4.78, 5) is 21.2. The number of aromatic nitrogens is 3. The van der Waals surface area contributed by atoms with Crippen molar-refractivity contribution in [2.45, 2.75) is 64.8 Å². The molecular formula is C18H25N3O2. The van der Waals surface area contributed by atoms with E-state index in [-0.39, 0.29) is 5.92 Å². The van der Waals surface area contributed by atoms with Gasteiger partial charge >= 0.3 is 5.97 Å². The van der Waals surface area contributed by atoms with Crippen molar-refractivity contribution >= 4 is 17.1 Å². The molecule has 1 saturated carbocycles. The fraction of sp³-hybridized carbons (Fsp3) is 0.611. The number of imidazole rings is 1. The van der Waals surface area contributed by atoms with Gasteiger partial charge in [-0.05, 0) is 37.3 Å². The van der Waals surface area contributed by atoms with Gasteiger partial charge in [0.05, 0.1) is 0 Å². The molecule has 0 bridgehead atoms. The molecule has 0 amide bonds. The molecule has 1 aliphatic carbocycles. The summed E-state index contributed by atoms with van der Waals surface area (Å²) >= 11 is 0. The molecule has 2 heterocycles. The lowest BCUT2D eigenvalue weighted by Crippen LogP contribution is -2.27.